The summed E-state index contributed by atoms with van der Waals surface area (Å²) < 4.78 is 5.28. The monoisotopic (exact) mass is 376 g/mol. The summed E-state index contributed by atoms with van der Waals surface area (Å²) in [6.07, 6.45) is 0. The molecule has 0 saturated heterocycles. The summed E-state index contributed by atoms with van der Waals surface area (Å²) in [5.74, 6) is 0.835. The Morgan fingerprint density at radius 3 is 2.15 bits per heavy atom. The molecular weight excluding hydrogens is 352 g/mol. The van der Waals surface area contributed by atoms with Crippen LogP contribution >= 0.6 is 12.2 Å². The summed E-state index contributed by atoms with van der Waals surface area (Å²) >= 11 is 5.59. The van der Waals surface area contributed by atoms with Gasteiger partial charge in [-0.25, -0.2) is 0 Å². The third-order valence-corrected chi connectivity index (χ3v) is 4.84. The van der Waals surface area contributed by atoms with E-state index >= 15 is 0 Å². The van der Waals surface area contributed by atoms with Gasteiger partial charge < -0.3 is 15.4 Å². The van der Waals surface area contributed by atoms with Crippen LogP contribution in [0.5, 0.6) is 5.75 Å². The van der Waals surface area contributed by atoms with Crippen LogP contribution in [0.25, 0.3) is 0 Å². The molecule has 4 heteroatoms. The van der Waals surface area contributed by atoms with Crippen LogP contribution in [0.2, 0.25) is 0 Å². The first-order valence-corrected chi connectivity index (χ1v) is 9.31. The number of thiocarbonyl (C=S) groups is 1. The van der Waals surface area contributed by atoms with E-state index in [2.05, 4.69) is 60.9 Å². The third kappa shape index (κ3) is 4.86. The van der Waals surface area contributed by atoms with Crippen molar-refractivity contribution in [3.8, 4) is 5.75 Å². The average molecular weight is 377 g/mol. The van der Waals surface area contributed by atoms with Crippen LogP contribution in [0.4, 0.5) is 5.69 Å². The maximum atomic E-state index is 5.59. The minimum absolute atomic E-state index is 0.0522. The molecule has 0 heterocycles. The topological polar surface area (TPSA) is 33.3 Å². The molecule has 3 aromatic rings. The predicted molar refractivity (Wildman–Crippen MR) is 117 cm³/mol. The molecule has 1 atom stereocenters. The summed E-state index contributed by atoms with van der Waals surface area (Å²) in [7, 11) is 1.67. The van der Waals surface area contributed by atoms with Crippen LogP contribution in [-0.4, -0.2) is 12.2 Å². The van der Waals surface area contributed by atoms with Crippen LogP contribution in [0.3, 0.4) is 0 Å². The quantitative estimate of drug-likeness (QED) is 0.585. The normalized spacial score (nSPS) is 11.5. The van der Waals surface area contributed by atoms with Gasteiger partial charge >= 0.3 is 0 Å². The summed E-state index contributed by atoms with van der Waals surface area (Å²) in [6.45, 7) is 4.20. The number of benzene rings is 3. The minimum atomic E-state index is -0.0522. The second-order valence-electron chi connectivity index (χ2n) is 6.51. The number of hydrogen-bond acceptors (Lipinski definition) is 2. The molecule has 27 heavy (non-hydrogen) atoms. The van der Waals surface area contributed by atoms with Crippen LogP contribution < -0.4 is 15.4 Å². The number of anilines is 1. The van der Waals surface area contributed by atoms with E-state index in [0.717, 1.165) is 22.6 Å². The lowest BCUT2D eigenvalue weighted by Gasteiger charge is -2.22. The second-order valence-corrected chi connectivity index (χ2v) is 6.92. The third-order valence-electron chi connectivity index (χ3n) is 4.62. The molecule has 2 N–H and O–H groups in total. The van der Waals surface area contributed by atoms with E-state index in [1.807, 2.05) is 36.4 Å². The molecule has 0 aliphatic heterocycles. The molecule has 3 aromatic carbocycles. The van der Waals surface area contributed by atoms with Gasteiger partial charge in [-0.05, 0) is 72.6 Å². The Labute approximate surface area is 166 Å². The molecule has 0 radical (unpaired) electrons. The van der Waals surface area contributed by atoms with Gasteiger partial charge in [0, 0.05) is 5.69 Å². The van der Waals surface area contributed by atoms with Crippen molar-refractivity contribution >= 4 is 23.0 Å². The number of hydrogen-bond donors (Lipinski definition) is 2. The van der Waals surface area contributed by atoms with E-state index < -0.39 is 0 Å². The lowest BCUT2D eigenvalue weighted by molar-refractivity contribution is 0.414. The molecule has 0 saturated carbocycles. The van der Waals surface area contributed by atoms with Crippen LogP contribution in [0.1, 0.15) is 28.3 Å². The van der Waals surface area contributed by atoms with Gasteiger partial charge in [0.1, 0.15) is 5.75 Å². The van der Waals surface area contributed by atoms with Gasteiger partial charge in [-0.1, -0.05) is 48.5 Å². The zero-order valence-electron chi connectivity index (χ0n) is 15.8. The highest BCUT2D eigenvalue weighted by Crippen LogP contribution is 2.24. The minimum Gasteiger partial charge on any atom is -0.497 e. The van der Waals surface area contributed by atoms with E-state index in [1.165, 1.54) is 11.1 Å². The molecule has 138 valence electrons. The van der Waals surface area contributed by atoms with E-state index in [1.54, 1.807) is 7.11 Å². The van der Waals surface area contributed by atoms with E-state index in [4.69, 9.17) is 17.0 Å². The van der Waals surface area contributed by atoms with Crippen LogP contribution in [0.15, 0.2) is 72.8 Å². The fourth-order valence-corrected chi connectivity index (χ4v) is 3.15. The van der Waals surface area contributed by atoms with Crippen molar-refractivity contribution in [2.45, 2.75) is 19.9 Å². The fourth-order valence-electron chi connectivity index (χ4n) is 2.92. The first-order chi connectivity index (χ1) is 13.1. The number of ether oxygens (including phenoxy) is 1. The molecular formula is C23H24N2OS. The Balaban J connectivity index is 1.82. The molecule has 0 aliphatic rings. The fraction of sp³-hybridized carbons (Fsp3) is 0.174. The second kappa shape index (κ2) is 8.69. The Bertz CT molecular complexity index is 907. The maximum absolute atomic E-state index is 5.59. The highest BCUT2D eigenvalue weighted by molar-refractivity contribution is 7.80. The van der Waals surface area contributed by atoms with Crippen LogP contribution in [0, 0.1) is 13.8 Å². The van der Waals surface area contributed by atoms with Gasteiger partial charge in [-0.15, -0.1) is 0 Å². The highest BCUT2D eigenvalue weighted by Gasteiger charge is 2.15. The lowest BCUT2D eigenvalue weighted by Crippen LogP contribution is -2.33. The standard InChI is InChI=1S/C23H24N2OS/c1-16-9-12-20(15-17(16)2)24-23(27)25-22(18-7-5-4-6-8-18)19-10-13-21(26-3)14-11-19/h4-15,22H,1-3H3,(H2,24,25,27)/t22-/m1/s1. The first kappa shape index (κ1) is 18.9. The van der Waals surface area contributed by atoms with Gasteiger partial charge in [0.25, 0.3) is 0 Å². The molecule has 3 nitrogen and oxygen atoms in total. The van der Waals surface area contributed by atoms with Crippen molar-refractivity contribution in [3.05, 3.63) is 95.1 Å². The largest absolute Gasteiger partial charge is 0.497 e. The zero-order chi connectivity index (χ0) is 19.2. The van der Waals surface area contributed by atoms with Crippen molar-refractivity contribution in [3.63, 3.8) is 0 Å². The smallest absolute Gasteiger partial charge is 0.171 e. The number of aryl methyl sites for hydroxylation is 2. The number of rotatable bonds is 5. The first-order valence-electron chi connectivity index (χ1n) is 8.90. The molecule has 3 rings (SSSR count). The van der Waals surface area contributed by atoms with Crippen molar-refractivity contribution in [2.75, 3.05) is 12.4 Å². The van der Waals surface area contributed by atoms with Crippen molar-refractivity contribution in [1.29, 1.82) is 0 Å². The van der Waals surface area contributed by atoms with Crippen molar-refractivity contribution in [1.82, 2.24) is 5.32 Å². The maximum Gasteiger partial charge on any atom is 0.171 e. The summed E-state index contributed by atoms with van der Waals surface area (Å²) in [6, 6.07) is 24.5. The summed E-state index contributed by atoms with van der Waals surface area (Å²) in [4.78, 5) is 0. The Kier molecular flexibility index (Phi) is 6.09. The lowest BCUT2D eigenvalue weighted by atomic mass is 9.99. The van der Waals surface area contributed by atoms with Crippen molar-refractivity contribution < 1.29 is 4.74 Å². The molecule has 0 aliphatic carbocycles. The van der Waals surface area contributed by atoms with Gasteiger partial charge in [0.05, 0.1) is 13.2 Å². The number of methoxy groups -OCH3 is 1. The molecule has 0 bridgehead atoms. The summed E-state index contributed by atoms with van der Waals surface area (Å²) in [5.41, 5.74) is 5.74. The Hall–Kier alpha value is -2.85. The summed E-state index contributed by atoms with van der Waals surface area (Å²) in [5, 5.41) is 7.33. The van der Waals surface area contributed by atoms with Crippen molar-refractivity contribution in [2.24, 2.45) is 0 Å². The van der Waals surface area contributed by atoms with E-state index in [0.29, 0.717) is 5.11 Å². The number of nitrogens with one attached hydrogen (secondary N) is 2. The predicted octanol–water partition coefficient (Wildman–Crippen LogP) is 5.39. The average Bonchev–Trinajstić information content (AvgIpc) is 2.70. The molecule has 0 fully saturated rings. The SMILES string of the molecule is COc1ccc([C@H](NC(=S)Nc2ccc(C)c(C)c2)c2ccccc2)cc1. The van der Waals surface area contributed by atoms with E-state index in [9.17, 15) is 0 Å². The molecule has 0 amide bonds. The Morgan fingerprint density at radius 1 is 0.852 bits per heavy atom. The molecule has 0 spiro atoms. The highest BCUT2D eigenvalue weighted by atomic mass is 32.1. The zero-order valence-corrected chi connectivity index (χ0v) is 16.6. The molecule has 0 unspecified atom stereocenters. The molecule has 0 aromatic heterocycles. The van der Waals surface area contributed by atoms with Gasteiger partial charge in [0.15, 0.2) is 5.11 Å². The van der Waals surface area contributed by atoms with Gasteiger partial charge in [-0.3, -0.25) is 0 Å². The van der Waals surface area contributed by atoms with Gasteiger partial charge in [0.2, 0.25) is 0 Å². The Morgan fingerprint density at radius 2 is 1.52 bits per heavy atom. The van der Waals surface area contributed by atoms with E-state index in [-0.39, 0.29) is 6.04 Å². The van der Waals surface area contributed by atoms with Crippen LogP contribution in [-0.2, 0) is 0 Å². The van der Waals surface area contributed by atoms with Gasteiger partial charge in [-0.2, -0.15) is 0 Å².